The Morgan fingerprint density at radius 2 is 1.77 bits per heavy atom. The first-order chi connectivity index (χ1) is 19.2. The van der Waals surface area contributed by atoms with Crippen LogP contribution in [0.5, 0.6) is 0 Å². The van der Waals surface area contributed by atoms with Crippen molar-refractivity contribution in [3.05, 3.63) is 78.1 Å². The molecule has 40 heavy (non-hydrogen) atoms. The number of sulfone groups is 1. The van der Waals surface area contributed by atoms with Crippen LogP contribution in [0.4, 0.5) is 14.6 Å². The van der Waals surface area contributed by atoms with Crippen LogP contribution in [0.3, 0.4) is 0 Å². The summed E-state index contributed by atoms with van der Waals surface area (Å²) in [6, 6.07) is 15.8. The Labute approximate surface area is 228 Å². The molecule has 1 amide bonds. The summed E-state index contributed by atoms with van der Waals surface area (Å²) in [5.74, 6) is -2.76. The molecule has 1 aromatic carbocycles. The summed E-state index contributed by atoms with van der Waals surface area (Å²) < 4.78 is 49.3. The number of nitrogens with one attached hydrogen (secondary N) is 1. The highest BCUT2D eigenvalue weighted by molar-refractivity contribution is 7.91. The first-order valence-electron chi connectivity index (χ1n) is 12.8. The summed E-state index contributed by atoms with van der Waals surface area (Å²) >= 11 is 0. The van der Waals surface area contributed by atoms with Gasteiger partial charge in [0.15, 0.2) is 0 Å². The van der Waals surface area contributed by atoms with E-state index in [1.807, 2.05) is 30.3 Å². The highest BCUT2D eigenvalue weighted by atomic mass is 32.2. The third kappa shape index (κ3) is 4.88. The average Bonchev–Trinajstić information content (AvgIpc) is 2.99. The van der Waals surface area contributed by atoms with E-state index >= 15 is 0 Å². The Morgan fingerprint density at radius 3 is 2.52 bits per heavy atom. The minimum atomic E-state index is -4.82. The minimum Gasteiger partial charge on any atom is -0.392 e. The predicted octanol–water partition coefficient (Wildman–Crippen LogP) is 3.44. The Kier molecular flexibility index (Phi) is 6.67. The number of carbonyl (C=O) groups is 1. The monoisotopic (exact) mass is 565 g/mol. The van der Waals surface area contributed by atoms with Gasteiger partial charge in [0.2, 0.25) is 9.84 Å². The fourth-order valence-electron chi connectivity index (χ4n) is 5.28. The highest BCUT2D eigenvalue weighted by Gasteiger charge is 2.46. The van der Waals surface area contributed by atoms with Crippen LogP contribution in [0.25, 0.3) is 22.3 Å². The summed E-state index contributed by atoms with van der Waals surface area (Å²) in [6.45, 7) is 1.59. The second-order valence-electron chi connectivity index (χ2n) is 10.1. The van der Waals surface area contributed by atoms with E-state index in [0.717, 1.165) is 42.8 Å². The van der Waals surface area contributed by atoms with E-state index < -0.39 is 26.4 Å². The Bertz CT molecular complexity index is 1710. The molecule has 12 heteroatoms. The molecule has 2 aliphatic heterocycles. The third-order valence-electron chi connectivity index (χ3n) is 7.52. The van der Waals surface area contributed by atoms with E-state index in [4.69, 9.17) is 9.97 Å². The molecule has 0 spiro atoms. The van der Waals surface area contributed by atoms with Gasteiger partial charge in [-0.3, -0.25) is 9.78 Å². The molecule has 2 bridgehead atoms. The van der Waals surface area contributed by atoms with Gasteiger partial charge in [-0.2, -0.15) is 8.78 Å². The van der Waals surface area contributed by atoms with Gasteiger partial charge in [0.1, 0.15) is 5.82 Å². The van der Waals surface area contributed by atoms with Gasteiger partial charge in [0, 0.05) is 42.1 Å². The number of alkyl halides is 2. The number of rotatable bonds is 7. The van der Waals surface area contributed by atoms with Crippen molar-refractivity contribution in [3.63, 3.8) is 0 Å². The van der Waals surface area contributed by atoms with Gasteiger partial charge in [0.05, 0.1) is 40.1 Å². The van der Waals surface area contributed by atoms with E-state index in [2.05, 4.69) is 15.2 Å². The fourth-order valence-corrected chi connectivity index (χ4v) is 6.04. The Hall–Kier alpha value is -4.03. The molecule has 206 valence electrons. The van der Waals surface area contributed by atoms with E-state index in [1.54, 1.807) is 12.3 Å². The summed E-state index contributed by atoms with van der Waals surface area (Å²) in [5.41, 5.74) is 2.49. The molecule has 0 radical (unpaired) electrons. The molecular weight excluding hydrogens is 540 g/mol. The van der Waals surface area contributed by atoms with Crippen molar-refractivity contribution in [3.8, 4) is 11.4 Å². The van der Waals surface area contributed by atoms with Gasteiger partial charge < -0.3 is 15.3 Å². The number of fused-ring (bicyclic) bond motifs is 3. The Morgan fingerprint density at radius 1 is 1.02 bits per heavy atom. The second-order valence-corrected chi connectivity index (χ2v) is 12.0. The number of carbonyl (C=O) groups excluding carboxylic acids is 1. The lowest BCUT2D eigenvalue weighted by molar-refractivity contribution is -0.0533. The molecule has 3 atom stereocenters. The van der Waals surface area contributed by atoms with Crippen LogP contribution in [0.2, 0.25) is 0 Å². The lowest BCUT2D eigenvalue weighted by atomic mass is 9.68. The van der Waals surface area contributed by atoms with Crippen molar-refractivity contribution in [2.75, 3.05) is 18.0 Å². The lowest BCUT2D eigenvalue weighted by Crippen LogP contribution is -2.58. The number of hydrogen-bond acceptors (Lipinski definition) is 8. The van der Waals surface area contributed by atoms with Gasteiger partial charge in [-0.1, -0.05) is 12.1 Å². The van der Waals surface area contributed by atoms with Gasteiger partial charge in [-0.15, -0.1) is 0 Å². The number of amides is 1. The molecule has 7 rings (SSSR count). The standard InChI is InChI=1S/C28H25F2N5O4S/c29-28(30)40(38,39)21-4-1-3-16(10-21)27(37)32-13-20-11-24-17(12-31-20)7-8-23(33-24)22-5-2-6-25(34-22)35-14-18-9-19(15-35)26(18)36/h1-8,10-12,18-19,26,28,36H,9,13-15H2,(H,32,37)/t18-,19+,26?. The van der Waals surface area contributed by atoms with Gasteiger partial charge in [-0.05, 0) is 55.0 Å². The van der Waals surface area contributed by atoms with Crippen LogP contribution < -0.4 is 10.2 Å². The first kappa shape index (κ1) is 26.2. The van der Waals surface area contributed by atoms with E-state index in [0.29, 0.717) is 34.4 Å². The molecule has 3 aliphatic rings. The van der Waals surface area contributed by atoms with E-state index in [9.17, 15) is 27.1 Å². The number of nitrogens with zero attached hydrogens (tertiary/aromatic N) is 4. The van der Waals surface area contributed by atoms with Crippen LogP contribution in [0.1, 0.15) is 22.5 Å². The maximum Gasteiger partial charge on any atom is 0.341 e. The molecule has 3 fully saturated rings. The van der Waals surface area contributed by atoms with Crippen molar-refractivity contribution in [2.24, 2.45) is 11.8 Å². The van der Waals surface area contributed by atoms with E-state index in [1.165, 1.54) is 12.1 Å². The zero-order valence-electron chi connectivity index (χ0n) is 21.1. The fraction of sp³-hybridized carbons (Fsp3) is 0.286. The Balaban J connectivity index is 1.18. The summed E-state index contributed by atoms with van der Waals surface area (Å²) in [4.78, 5) is 28.1. The molecule has 1 saturated carbocycles. The normalized spacial score (nSPS) is 20.4. The third-order valence-corrected chi connectivity index (χ3v) is 8.90. The minimum absolute atomic E-state index is 0.0172. The van der Waals surface area contributed by atoms with Crippen LogP contribution in [-0.2, 0) is 16.4 Å². The van der Waals surface area contributed by atoms with Gasteiger partial charge in [0.25, 0.3) is 5.91 Å². The maximum atomic E-state index is 12.9. The smallest absolute Gasteiger partial charge is 0.341 e. The first-order valence-corrected chi connectivity index (χ1v) is 14.3. The number of halogens is 2. The lowest BCUT2D eigenvalue weighted by Gasteiger charge is -2.51. The van der Waals surface area contributed by atoms with Crippen molar-refractivity contribution < 1.29 is 27.1 Å². The number of hydrogen-bond donors (Lipinski definition) is 2. The molecule has 3 aromatic heterocycles. The molecular formula is C28H25F2N5O4S. The van der Waals surface area contributed by atoms with Crippen LogP contribution >= 0.6 is 0 Å². The topological polar surface area (TPSA) is 125 Å². The summed E-state index contributed by atoms with van der Waals surface area (Å²) in [6.07, 6.45) is 2.49. The zero-order chi connectivity index (χ0) is 28.0. The molecule has 9 nitrogen and oxygen atoms in total. The van der Waals surface area contributed by atoms with Gasteiger partial charge >= 0.3 is 5.76 Å². The summed E-state index contributed by atoms with van der Waals surface area (Å²) in [7, 11) is -4.82. The number of aromatic nitrogens is 3. The van der Waals surface area contributed by atoms with Crippen molar-refractivity contribution in [2.45, 2.75) is 29.7 Å². The van der Waals surface area contributed by atoms with Crippen molar-refractivity contribution in [1.82, 2.24) is 20.3 Å². The molecule has 5 heterocycles. The van der Waals surface area contributed by atoms with Crippen LogP contribution in [0.15, 0.2) is 71.8 Å². The number of benzene rings is 1. The van der Waals surface area contributed by atoms with E-state index in [-0.39, 0.29) is 18.2 Å². The number of aliphatic hydroxyl groups excluding tert-OH is 1. The number of pyridine rings is 3. The predicted molar refractivity (Wildman–Crippen MR) is 143 cm³/mol. The largest absolute Gasteiger partial charge is 0.392 e. The quantitative estimate of drug-likeness (QED) is 0.349. The zero-order valence-corrected chi connectivity index (χ0v) is 21.9. The van der Waals surface area contributed by atoms with Crippen LogP contribution in [-0.4, -0.2) is 59.3 Å². The number of piperidine rings is 2. The summed E-state index contributed by atoms with van der Waals surface area (Å²) in [5, 5.41) is 13.5. The average molecular weight is 566 g/mol. The molecule has 2 saturated heterocycles. The molecule has 1 aliphatic carbocycles. The molecule has 2 N–H and O–H groups in total. The van der Waals surface area contributed by atoms with Crippen molar-refractivity contribution >= 4 is 32.5 Å². The maximum absolute atomic E-state index is 12.9. The number of aliphatic hydroxyl groups is 1. The molecule has 4 aromatic rings. The van der Waals surface area contributed by atoms with Crippen molar-refractivity contribution in [1.29, 1.82) is 0 Å². The second kappa shape index (κ2) is 10.2. The van der Waals surface area contributed by atoms with Crippen LogP contribution in [0, 0.1) is 11.8 Å². The molecule has 1 unspecified atom stereocenters. The van der Waals surface area contributed by atoms with Gasteiger partial charge in [-0.25, -0.2) is 18.4 Å². The highest BCUT2D eigenvalue weighted by Crippen LogP contribution is 2.41. The number of anilines is 1. The SMILES string of the molecule is O=C(NCc1cc2nc(-c3cccc(N4C[C@H]5C[C@@H](C4)C5O)n3)ccc2cn1)c1cccc(S(=O)(=O)C(F)F)c1.